The maximum Gasteiger partial charge on any atom is 0.341 e. The third-order valence-corrected chi connectivity index (χ3v) is 6.96. The van der Waals surface area contributed by atoms with Crippen molar-refractivity contribution in [1.82, 2.24) is 0 Å². The first-order valence-corrected chi connectivity index (χ1v) is 11.2. The fourth-order valence-electron chi connectivity index (χ4n) is 4.18. The van der Waals surface area contributed by atoms with E-state index in [4.69, 9.17) is 4.74 Å². The predicted molar refractivity (Wildman–Crippen MR) is 105 cm³/mol. The second kappa shape index (κ2) is 9.54. The Bertz CT molecular complexity index is 741. The van der Waals surface area contributed by atoms with Crippen molar-refractivity contribution in [3.05, 3.63) is 16.0 Å². The van der Waals surface area contributed by atoms with Gasteiger partial charge in [-0.1, -0.05) is 26.2 Å². The first-order chi connectivity index (χ1) is 13.5. The molecule has 6 nitrogen and oxygen atoms in total. The van der Waals surface area contributed by atoms with E-state index < -0.39 is 17.8 Å². The van der Waals surface area contributed by atoms with E-state index in [9.17, 15) is 19.5 Å². The van der Waals surface area contributed by atoms with Crippen molar-refractivity contribution in [3.63, 3.8) is 0 Å². The summed E-state index contributed by atoms with van der Waals surface area (Å²) in [6, 6.07) is 0. The minimum atomic E-state index is -1.16. The number of nitrogens with one attached hydrogen (secondary N) is 1. The Morgan fingerprint density at radius 3 is 2.54 bits per heavy atom. The van der Waals surface area contributed by atoms with Crippen molar-refractivity contribution in [2.45, 2.75) is 71.1 Å². The molecular weight excluding hydrogens is 378 g/mol. The summed E-state index contributed by atoms with van der Waals surface area (Å²) >= 11 is 1.44. The second-order valence-electron chi connectivity index (χ2n) is 7.71. The molecule has 2 aliphatic rings. The number of unbranched alkanes of at least 4 members (excludes halogenated alkanes) is 1. The Morgan fingerprint density at radius 1 is 1.11 bits per heavy atom. The summed E-state index contributed by atoms with van der Waals surface area (Å²) in [7, 11) is 0. The van der Waals surface area contributed by atoms with E-state index in [1.807, 2.05) is 6.92 Å². The van der Waals surface area contributed by atoms with Gasteiger partial charge in [-0.2, -0.15) is 0 Å². The average Bonchev–Trinajstić information content (AvgIpc) is 3.05. The minimum absolute atomic E-state index is 0.324. The van der Waals surface area contributed by atoms with Crippen LogP contribution in [0.4, 0.5) is 5.00 Å². The van der Waals surface area contributed by atoms with Gasteiger partial charge in [-0.3, -0.25) is 4.79 Å². The van der Waals surface area contributed by atoms with Crippen LogP contribution in [0.25, 0.3) is 0 Å². The van der Waals surface area contributed by atoms with E-state index >= 15 is 0 Å². The van der Waals surface area contributed by atoms with Crippen LogP contribution in [-0.2, 0) is 27.2 Å². The highest BCUT2D eigenvalue weighted by Crippen LogP contribution is 2.39. The minimum Gasteiger partial charge on any atom is -0.550 e. The molecular formula is C21H28NO5S-. The van der Waals surface area contributed by atoms with Crippen LogP contribution in [0.2, 0.25) is 0 Å². The molecule has 0 unspecified atom stereocenters. The lowest BCUT2D eigenvalue weighted by Crippen LogP contribution is -2.42. The Kier molecular flexibility index (Phi) is 7.10. The summed E-state index contributed by atoms with van der Waals surface area (Å²) in [6.07, 6.45) is 8.15. The van der Waals surface area contributed by atoms with E-state index in [-0.39, 0.29) is 11.9 Å². The van der Waals surface area contributed by atoms with Gasteiger partial charge in [0.05, 0.1) is 12.2 Å². The molecule has 0 aromatic carbocycles. The molecule has 0 bridgehead atoms. The van der Waals surface area contributed by atoms with E-state index in [1.54, 1.807) is 0 Å². The van der Waals surface area contributed by atoms with Gasteiger partial charge in [0.1, 0.15) is 5.00 Å². The standard InChI is InChI=1S/C21H29NO5S/c1-2-3-12-27-21(26)17-15-10-6-7-11-16(15)28-19(17)22-18(23)13-8-4-5-9-14(13)20(24)25/h13-14H,2-12H2,1H3,(H,22,23)(H,24,25)/p-1/t13-,14-/m0/s1. The van der Waals surface area contributed by atoms with Crippen molar-refractivity contribution in [2.24, 2.45) is 11.8 Å². The summed E-state index contributed by atoms with van der Waals surface area (Å²) < 4.78 is 5.43. The van der Waals surface area contributed by atoms with Crippen molar-refractivity contribution in [1.29, 1.82) is 0 Å². The lowest BCUT2D eigenvalue weighted by atomic mass is 9.78. The van der Waals surface area contributed by atoms with E-state index in [1.165, 1.54) is 11.3 Å². The van der Waals surface area contributed by atoms with Crippen LogP contribution < -0.4 is 10.4 Å². The highest BCUT2D eigenvalue weighted by atomic mass is 32.1. The number of ether oxygens (including phenoxy) is 1. The summed E-state index contributed by atoms with van der Waals surface area (Å²) in [6.45, 7) is 2.40. The molecule has 1 amide bonds. The van der Waals surface area contributed by atoms with E-state index in [0.29, 0.717) is 30.0 Å². The van der Waals surface area contributed by atoms with Crippen LogP contribution in [0, 0.1) is 11.8 Å². The van der Waals surface area contributed by atoms with Gasteiger partial charge in [-0.05, 0) is 50.5 Å². The molecule has 1 aromatic rings. The van der Waals surface area contributed by atoms with Crippen molar-refractivity contribution in [2.75, 3.05) is 11.9 Å². The van der Waals surface area contributed by atoms with Crippen LogP contribution in [-0.4, -0.2) is 24.5 Å². The molecule has 0 saturated heterocycles. The Balaban J connectivity index is 1.82. The number of carbonyl (C=O) groups is 3. The Morgan fingerprint density at radius 2 is 1.82 bits per heavy atom. The maximum atomic E-state index is 12.9. The number of thiophene rings is 1. The number of hydrogen-bond acceptors (Lipinski definition) is 6. The van der Waals surface area contributed by atoms with E-state index in [0.717, 1.165) is 61.8 Å². The summed E-state index contributed by atoms with van der Waals surface area (Å²) in [5.74, 6) is -3.24. The van der Waals surface area contributed by atoms with Gasteiger partial charge in [-0.25, -0.2) is 4.79 Å². The third kappa shape index (κ3) is 4.57. The monoisotopic (exact) mass is 406 g/mol. The zero-order valence-electron chi connectivity index (χ0n) is 16.4. The maximum absolute atomic E-state index is 12.9. The molecule has 28 heavy (non-hydrogen) atoms. The lowest BCUT2D eigenvalue weighted by Gasteiger charge is -2.31. The number of aliphatic carboxylic acids is 1. The zero-order valence-corrected chi connectivity index (χ0v) is 17.2. The van der Waals surface area contributed by atoms with Gasteiger partial charge in [0.2, 0.25) is 5.91 Å². The Labute approximate surface area is 169 Å². The highest BCUT2D eigenvalue weighted by molar-refractivity contribution is 7.17. The van der Waals surface area contributed by atoms with Crippen molar-refractivity contribution in [3.8, 4) is 0 Å². The second-order valence-corrected chi connectivity index (χ2v) is 8.82. The fraction of sp³-hybridized carbons (Fsp3) is 0.667. The van der Waals surface area contributed by atoms with Crippen LogP contribution in [0.1, 0.15) is 79.1 Å². The number of anilines is 1. The molecule has 0 radical (unpaired) electrons. The van der Waals surface area contributed by atoms with Gasteiger partial charge in [0.15, 0.2) is 0 Å². The molecule has 2 atom stereocenters. The Hall–Kier alpha value is -1.89. The van der Waals surface area contributed by atoms with Crippen LogP contribution in [0.15, 0.2) is 0 Å². The first kappa shape index (κ1) is 20.8. The molecule has 1 aromatic heterocycles. The number of carboxylic acids is 1. The molecule has 1 N–H and O–H groups in total. The zero-order chi connectivity index (χ0) is 20.1. The molecule has 0 spiro atoms. The van der Waals surface area contributed by atoms with Crippen molar-refractivity contribution >= 4 is 34.2 Å². The predicted octanol–water partition coefficient (Wildman–Crippen LogP) is 3.08. The molecule has 1 saturated carbocycles. The lowest BCUT2D eigenvalue weighted by molar-refractivity contribution is -0.313. The van der Waals surface area contributed by atoms with Crippen LogP contribution in [0.5, 0.6) is 0 Å². The highest BCUT2D eigenvalue weighted by Gasteiger charge is 2.34. The molecule has 2 aliphatic carbocycles. The van der Waals surface area contributed by atoms with Gasteiger partial charge < -0.3 is 20.0 Å². The number of rotatable bonds is 7. The van der Waals surface area contributed by atoms with E-state index in [2.05, 4.69) is 5.32 Å². The number of carbonyl (C=O) groups excluding carboxylic acids is 3. The third-order valence-electron chi connectivity index (χ3n) is 5.75. The summed E-state index contributed by atoms with van der Waals surface area (Å²) in [5.41, 5.74) is 1.47. The van der Waals surface area contributed by atoms with Gasteiger partial charge in [-0.15, -0.1) is 11.3 Å². The number of fused-ring (bicyclic) bond motifs is 1. The number of aryl methyl sites for hydroxylation is 1. The summed E-state index contributed by atoms with van der Waals surface area (Å²) in [5, 5.41) is 14.8. The number of carboxylic acid groups (broad SMARTS) is 1. The first-order valence-electron chi connectivity index (χ1n) is 10.4. The number of amides is 1. The normalized spacial score (nSPS) is 21.6. The average molecular weight is 407 g/mol. The molecule has 1 heterocycles. The molecule has 0 aliphatic heterocycles. The van der Waals surface area contributed by atoms with Gasteiger partial charge in [0.25, 0.3) is 0 Å². The SMILES string of the molecule is CCCCOC(=O)c1c(NC(=O)[C@H]2CCCC[C@@H]2C(=O)[O-])sc2c1CCCC2. The molecule has 3 rings (SSSR count). The largest absolute Gasteiger partial charge is 0.550 e. The quantitative estimate of drug-likeness (QED) is 0.555. The fourth-order valence-corrected chi connectivity index (χ4v) is 5.46. The van der Waals surface area contributed by atoms with Gasteiger partial charge >= 0.3 is 5.97 Å². The molecule has 7 heteroatoms. The smallest absolute Gasteiger partial charge is 0.341 e. The van der Waals surface area contributed by atoms with Crippen molar-refractivity contribution < 1.29 is 24.2 Å². The van der Waals surface area contributed by atoms with Crippen LogP contribution >= 0.6 is 11.3 Å². The number of esters is 1. The summed E-state index contributed by atoms with van der Waals surface area (Å²) in [4.78, 5) is 38.2. The molecule has 154 valence electrons. The van der Waals surface area contributed by atoms with Gasteiger partial charge in [0, 0.05) is 22.7 Å². The molecule has 1 fully saturated rings. The van der Waals surface area contributed by atoms with Crippen LogP contribution in [0.3, 0.4) is 0 Å². The topological polar surface area (TPSA) is 95.5 Å². The number of hydrogen-bond donors (Lipinski definition) is 1.